The van der Waals surface area contributed by atoms with Crippen molar-refractivity contribution in [2.24, 2.45) is 0 Å². The number of alkyl halides is 3. The van der Waals surface area contributed by atoms with Crippen LogP contribution >= 0.6 is 11.6 Å². The first-order valence-corrected chi connectivity index (χ1v) is 10.9. The number of rotatable bonds is 5. The number of nitrogens with one attached hydrogen (secondary N) is 1. The molecule has 0 saturated carbocycles. The van der Waals surface area contributed by atoms with Gasteiger partial charge in [0.1, 0.15) is 4.90 Å². The van der Waals surface area contributed by atoms with Crippen molar-refractivity contribution in [1.82, 2.24) is 9.62 Å². The molecule has 0 aliphatic carbocycles. The quantitative estimate of drug-likeness (QED) is 0.653. The molecule has 164 valence electrons. The van der Waals surface area contributed by atoms with Crippen LogP contribution in [0.1, 0.15) is 24.0 Å². The van der Waals surface area contributed by atoms with E-state index >= 15 is 0 Å². The third-order valence-electron chi connectivity index (χ3n) is 4.85. The second kappa shape index (κ2) is 8.78. The Hall–Kier alpha value is -1.75. The second-order valence-electron chi connectivity index (χ2n) is 7.06. The van der Waals surface area contributed by atoms with Gasteiger partial charge in [0.05, 0.1) is 10.6 Å². The van der Waals surface area contributed by atoms with Crippen molar-refractivity contribution in [2.75, 3.05) is 13.1 Å². The maximum Gasteiger partial charge on any atom is 0.416 e. The number of benzene rings is 2. The molecule has 4 nitrogen and oxygen atoms in total. The van der Waals surface area contributed by atoms with E-state index in [2.05, 4.69) is 4.72 Å². The summed E-state index contributed by atoms with van der Waals surface area (Å²) >= 11 is 5.83. The summed E-state index contributed by atoms with van der Waals surface area (Å²) < 4.78 is 92.7. The molecule has 0 radical (unpaired) electrons. The summed E-state index contributed by atoms with van der Waals surface area (Å²) in [6.45, 7) is 1.32. The smallest absolute Gasteiger partial charge is 0.299 e. The highest BCUT2D eigenvalue weighted by molar-refractivity contribution is 7.89. The maximum atomic E-state index is 13.3. The Morgan fingerprint density at radius 2 is 1.70 bits per heavy atom. The van der Waals surface area contributed by atoms with Crippen molar-refractivity contribution in [1.29, 1.82) is 0 Å². The van der Waals surface area contributed by atoms with Gasteiger partial charge in [-0.3, -0.25) is 4.90 Å². The number of hydrogen-bond acceptors (Lipinski definition) is 3. The van der Waals surface area contributed by atoms with Crippen molar-refractivity contribution in [3.05, 3.63) is 64.2 Å². The Bertz CT molecular complexity index is 1020. The summed E-state index contributed by atoms with van der Waals surface area (Å²) in [6, 6.07) is 5.29. The molecule has 1 heterocycles. The van der Waals surface area contributed by atoms with Crippen LogP contribution in [0, 0.1) is 11.6 Å². The highest BCUT2D eigenvalue weighted by Crippen LogP contribution is 2.33. The second-order valence-corrected chi connectivity index (χ2v) is 9.15. The monoisotopic (exact) mass is 468 g/mol. The third kappa shape index (κ3) is 5.48. The average molecular weight is 469 g/mol. The topological polar surface area (TPSA) is 49.4 Å². The number of halogens is 6. The molecular weight excluding hydrogens is 451 g/mol. The molecule has 1 N–H and O–H groups in total. The van der Waals surface area contributed by atoms with Crippen LogP contribution < -0.4 is 4.72 Å². The van der Waals surface area contributed by atoms with E-state index in [9.17, 15) is 30.4 Å². The summed E-state index contributed by atoms with van der Waals surface area (Å²) in [5.41, 5.74) is -0.516. The molecule has 2 aromatic carbocycles. The third-order valence-corrected chi connectivity index (χ3v) is 6.85. The van der Waals surface area contributed by atoms with Crippen molar-refractivity contribution in [3.8, 4) is 0 Å². The van der Waals surface area contributed by atoms with Gasteiger partial charge in [-0.2, -0.15) is 13.2 Å². The Kier molecular flexibility index (Phi) is 6.71. The van der Waals surface area contributed by atoms with Gasteiger partial charge in [0, 0.05) is 25.7 Å². The number of nitrogens with zero attached hydrogens (tertiary/aromatic N) is 1. The van der Waals surface area contributed by atoms with Crippen molar-refractivity contribution in [3.63, 3.8) is 0 Å². The first kappa shape index (κ1) is 22.9. The van der Waals surface area contributed by atoms with E-state index in [1.165, 1.54) is 6.07 Å². The van der Waals surface area contributed by atoms with Gasteiger partial charge in [-0.15, -0.1) is 0 Å². The van der Waals surface area contributed by atoms with E-state index in [1.807, 2.05) is 4.90 Å². The van der Waals surface area contributed by atoms with E-state index in [-0.39, 0.29) is 5.02 Å². The van der Waals surface area contributed by atoms with Gasteiger partial charge >= 0.3 is 6.18 Å². The number of piperidine rings is 1. The standard InChI is InChI=1S/C19H18ClF5N2O2S/c20-15-3-2-13(19(23,24)25)10-18(15)30(28,29)26-14-5-7-27(8-6-14)11-12-1-4-16(21)17(22)9-12/h1-4,9-10,14,26H,5-8,11H2. The molecule has 0 bridgehead atoms. The van der Waals surface area contributed by atoms with E-state index in [1.54, 1.807) is 0 Å². The van der Waals surface area contributed by atoms with Crippen molar-refractivity contribution >= 4 is 21.6 Å². The van der Waals surface area contributed by atoms with Gasteiger partial charge in [-0.25, -0.2) is 21.9 Å². The Balaban J connectivity index is 1.63. The summed E-state index contributed by atoms with van der Waals surface area (Å²) in [5, 5.41) is -0.300. The van der Waals surface area contributed by atoms with E-state index in [0.717, 1.165) is 24.3 Å². The number of likely N-dealkylation sites (tertiary alicyclic amines) is 1. The Morgan fingerprint density at radius 1 is 1.03 bits per heavy atom. The van der Waals surface area contributed by atoms with E-state index in [4.69, 9.17) is 11.6 Å². The van der Waals surface area contributed by atoms with E-state index in [0.29, 0.717) is 44.1 Å². The summed E-state index contributed by atoms with van der Waals surface area (Å²) in [6.07, 6.45) is -3.89. The fraction of sp³-hybridized carbons (Fsp3) is 0.368. The first-order chi connectivity index (χ1) is 14.0. The highest BCUT2D eigenvalue weighted by Gasteiger charge is 2.33. The van der Waals surface area contributed by atoms with Crippen LogP contribution in [-0.2, 0) is 22.7 Å². The molecule has 1 aliphatic heterocycles. The van der Waals surface area contributed by atoms with Gasteiger partial charge in [-0.05, 0) is 48.7 Å². The van der Waals surface area contributed by atoms with Crippen molar-refractivity contribution < 1.29 is 30.4 Å². The molecule has 1 fully saturated rings. The fourth-order valence-electron chi connectivity index (χ4n) is 3.27. The summed E-state index contributed by atoms with van der Waals surface area (Å²) in [4.78, 5) is 1.33. The number of hydrogen-bond donors (Lipinski definition) is 1. The minimum absolute atomic E-state index is 0.300. The highest BCUT2D eigenvalue weighted by atomic mass is 35.5. The normalized spacial score (nSPS) is 16.7. The zero-order valence-electron chi connectivity index (χ0n) is 15.5. The van der Waals surface area contributed by atoms with Crippen LogP contribution in [0.3, 0.4) is 0 Å². The first-order valence-electron chi connectivity index (χ1n) is 9.01. The van der Waals surface area contributed by atoms with Crippen LogP contribution in [0.15, 0.2) is 41.3 Å². The van der Waals surface area contributed by atoms with Gasteiger partial charge in [0.2, 0.25) is 10.0 Å². The zero-order valence-corrected chi connectivity index (χ0v) is 17.1. The lowest BCUT2D eigenvalue weighted by atomic mass is 10.1. The summed E-state index contributed by atoms with van der Waals surface area (Å²) in [5.74, 6) is -1.87. The van der Waals surface area contributed by atoms with Crippen LogP contribution in [-0.4, -0.2) is 32.4 Å². The minimum Gasteiger partial charge on any atom is -0.299 e. The predicted molar refractivity (Wildman–Crippen MR) is 101 cm³/mol. The predicted octanol–water partition coefficient (Wildman–Crippen LogP) is 4.58. The van der Waals surface area contributed by atoms with Crippen LogP contribution in [0.2, 0.25) is 5.02 Å². The molecule has 1 saturated heterocycles. The molecule has 3 rings (SSSR count). The molecule has 1 aliphatic rings. The van der Waals surface area contributed by atoms with Gasteiger partial charge in [0.25, 0.3) is 0 Å². The molecule has 30 heavy (non-hydrogen) atoms. The largest absolute Gasteiger partial charge is 0.416 e. The zero-order chi connectivity index (χ0) is 22.1. The molecule has 0 atom stereocenters. The van der Waals surface area contributed by atoms with Gasteiger partial charge in [-0.1, -0.05) is 17.7 Å². The molecular formula is C19H18ClF5N2O2S. The lowest BCUT2D eigenvalue weighted by Gasteiger charge is -2.32. The van der Waals surface area contributed by atoms with Crippen LogP contribution in [0.25, 0.3) is 0 Å². The molecule has 0 aromatic heterocycles. The SMILES string of the molecule is O=S(=O)(NC1CCN(Cc2ccc(F)c(F)c2)CC1)c1cc(C(F)(F)F)ccc1Cl. The average Bonchev–Trinajstić information content (AvgIpc) is 2.65. The lowest BCUT2D eigenvalue weighted by molar-refractivity contribution is -0.137. The minimum atomic E-state index is -4.69. The van der Waals surface area contributed by atoms with Gasteiger partial charge in [0.15, 0.2) is 11.6 Å². The van der Waals surface area contributed by atoms with E-state index < -0.39 is 44.3 Å². The fourth-order valence-corrected chi connectivity index (χ4v) is 5.10. The Morgan fingerprint density at radius 3 is 2.30 bits per heavy atom. The molecule has 0 unspecified atom stereocenters. The summed E-state index contributed by atoms with van der Waals surface area (Å²) in [7, 11) is -4.25. The Labute approximate surface area is 175 Å². The number of sulfonamides is 1. The lowest BCUT2D eigenvalue weighted by Crippen LogP contribution is -2.44. The van der Waals surface area contributed by atoms with Crippen LogP contribution in [0.5, 0.6) is 0 Å². The van der Waals surface area contributed by atoms with Crippen molar-refractivity contribution in [2.45, 2.75) is 36.5 Å². The maximum absolute atomic E-state index is 13.3. The molecule has 11 heteroatoms. The molecule has 2 aromatic rings. The van der Waals surface area contributed by atoms with Gasteiger partial charge < -0.3 is 0 Å². The van der Waals surface area contributed by atoms with Crippen LogP contribution in [0.4, 0.5) is 22.0 Å². The molecule has 0 spiro atoms. The molecule has 0 amide bonds.